The minimum atomic E-state index is -3.07. The predicted molar refractivity (Wildman–Crippen MR) is 114 cm³/mol. The lowest BCUT2D eigenvalue weighted by Gasteiger charge is -2.23. The van der Waals surface area contributed by atoms with Gasteiger partial charge in [-0.05, 0) is 69.0 Å². The van der Waals surface area contributed by atoms with E-state index in [1.54, 1.807) is 6.07 Å². The molecule has 1 aliphatic carbocycles. The summed E-state index contributed by atoms with van der Waals surface area (Å²) in [5.41, 5.74) is 2.48. The Kier molecular flexibility index (Phi) is 6.12. The molecule has 0 aromatic heterocycles. The molecule has 0 spiro atoms. The number of hydrogen-bond acceptors (Lipinski definition) is 2. The van der Waals surface area contributed by atoms with Crippen LogP contribution in [0.2, 0.25) is 5.02 Å². The molecule has 0 aliphatic heterocycles. The molecule has 2 aromatic rings. The van der Waals surface area contributed by atoms with Crippen molar-refractivity contribution in [3.05, 3.63) is 58.1 Å². The maximum Gasteiger partial charge on any atom is 0.323 e. The van der Waals surface area contributed by atoms with Gasteiger partial charge in [-0.15, -0.1) is 0 Å². The third kappa shape index (κ3) is 4.64. The summed E-state index contributed by atoms with van der Waals surface area (Å²) in [5, 5.41) is 15.1. The van der Waals surface area contributed by atoms with Crippen LogP contribution in [0.3, 0.4) is 0 Å². The highest BCUT2D eigenvalue weighted by Gasteiger charge is 2.31. The highest BCUT2D eigenvalue weighted by molar-refractivity contribution is 14.2. The molecule has 4 nitrogen and oxygen atoms in total. The molecule has 0 bridgehead atoms. The number of carbonyl (C=O) groups is 1. The Labute approximate surface area is 170 Å². The fourth-order valence-electron chi connectivity index (χ4n) is 3.06. The molecule has 1 aliphatic rings. The first-order valence-electron chi connectivity index (χ1n) is 8.24. The van der Waals surface area contributed by atoms with Crippen LogP contribution in [0.1, 0.15) is 23.1 Å². The Morgan fingerprint density at radius 3 is 2.81 bits per heavy atom. The zero-order valence-electron chi connectivity index (χ0n) is 14.2. The summed E-state index contributed by atoms with van der Waals surface area (Å²) >= 11 is 4.24. The number of carbonyl (C=O) groups excluding carboxylic acids is 1. The van der Waals surface area contributed by atoms with Crippen LogP contribution in [-0.4, -0.2) is 21.8 Å². The largest absolute Gasteiger partial charge is 0.393 e. The van der Waals surface area contributed by atoms with Gasteiger partial charge in [0.15, 0.2) is 0 Å². The fourth-order valence-corrected chi connectivity index (χ4v) is 4.32. The number of halogens is 4. The number of alkyl halides is 3. The number of benzene rings is 2. The Morgan fingerprint density at radius 1 is 1.30 bits per heavy atom. The molecule has 0 fully saturated rings. The summed E-state index contributed by atoms with van der Waals surface area (Å²) in [6, 6.07) is 8.99. The Balaban J connectivity index is 1.78. The summed E-state index contributed by atoms with van der Waals surface area (Å²) < 4.78 is 28.2. The maximum atomic E-state index is 14.0. The van der Waals surface area contributed by atoms with Crippen LogP contribution in [0.5, 0.6) is 0 Å². The highest BCUT2D eigenvalue weighted by atomic mass is 127. The lowest BCUT2D eigenvalue weighted by molar-refractivity contribution is 0.127. The molecule has 27 heavy (non-hydrogen) atoms. The van der Waals surface area contributed by atoms with Crippen LogP contribution < -0.4 is 10.6 Å². The average Bonchev–Trinajstić information content (AvgIpc) is 2.63. The Bertz CT molecular complexity index is 892. The number of anilines is 2. The van der Waals surface area contributed by atoms with Gasteiger partial charge in [-0.3, -0.25) is 0 Å². The number of urea groups is 1. The van der Waals surface area contributed by atoms with Crippen molar-refractivity contribution in [3.63, 3.8) is 0 Å². The molecule has 2 amide bonds. The summed E-state index contributed by atoms with van der Waals surface area (Å²) in [6.07, 6.45) is 1.48. The molecule has 2 aromatic carbocycles. The SMILES string of the molecule is C=IC(F)(F)c1cc(NC(=O)Nc2cccc3c2C[C@H](O)CC3)ccc1Cl. The van der Waals surface area contributed by atoms with Gasteiger partial charge in [0.2, 0.25) is 0 Å². The lowest BCUT2D eigenvalue weighted by atomic mass is 9.88. The lowest BCUT2D eigenvalue weighted by Crippen LogP contribution is -2.24. The van der Waals surface area contributed by atoms with E-state index in [0.717, 1.165) is 17.5 Å². The van der Waals surface area contributed by atoms with E-state index in [9.17, 15) is 18.7 Å². The number of rotatable bonds is 4. The van der Waals surface area contributed by atoms with E-state index >= 15 is 0 Å². The van der Waals surface area contributed by atoms with Gasteiger partial charge in [0.05, 0.1) is 16.7 Å². The zero-order chi connectivity index (χ0) is 19.6. The smallest absolute Gasteiger partial charge is 0.323 e. The average molecular weight is 507 g/mol. The number of nitrogens with one attached hydrogen (secondary N) is 2. The number of aliphatic hydroxyl groups excluding tert-OH is 1. The van der Waals surface area contributed by atoms with Gasteiger partial charge in [0.1, 0.15) is 0 Å². The molecular formula is C19H18ClF2IN2O2. The van der Waals surface area contributed by atoms with Gasteiger partial charge in [-0.2, -0.15) is 8.78 Å². The molecule has 144 valence electrons. The molecule has 0 radical (unpaired) electrons. The number of amides is 2. The molecular weight excluding hydrogens is 489 g/mol. The van der Waals surface area contributed by atoms with E-state index in [0.29, 0.717) is 18.5 Å². The molecule has 0 heterocycles. The Morgan fingerprint density at radius 2 is 2.07 bits per heavy atom. The van der Waals surface area contributed by atoms with Crippen molar-refractivity contribution >= 4 is 54.3 Å². The van der Waals surface area contributed by atoms with Crippen LogP contribution in [-0.2, 0) is 16.8 Å². The van der Waals surface area contributed by atoms with Gasteiger partial charge in [-0.25, -0.2) is 4.79 Å². The minimum absolute atomic E-state index is 0.0552. The third-order valence-electron chi connectivity index (χ3n) is 4.41. The van der Waals surface area contributed by atoms with Crippen LogP contribution in [0, 0.1) is 0 Å². The first kappa shape index (κ1) is 20.2. The van der Waals surface area contributed by atoms with Gasteiger partial charge in [0, 0.05) is 17.8 Å². The van der Waals surface area contributed by atoms with E-state index in [4.69, 9.17) is 11.6 Å². The zero-order valence-corrected chi connectivity index (χ0v) is 17.2. The van der Waals surface area contributed by atoms with Gasteiger partial charge >= 0.3 is 9.96 Å². The standard InChI is InChI=1S/C19H18ClF2IN2O2/c1-23-19(21,22)15-9-12(6-8-16(15)20)24-18(27)25-17-4-2-3-11-5-7-13(26)10-14(11)17/h2-4,6,8-9,13,26H,1,5,7,10H2,(H2,24,25,27)/t13-/m1/s1. The van der Waals surface area contributed by atoms with Crippen LogP contribution in [0.15, 0.2) is 36.4 Å². The van der Waals surface area contributed by atoms with Crippen LogP contribution in [0.4, 0.5) is 25.0 Å². The fraction of sp³-hybridized carbons (Fsp3) is 0.263. The van der Waals surface area contributed by atoms with Crippen molar-refractivity contribution in [2.45, 2.75) is 29.3 Å². The van der Waals surface area contributed by atoms with E-state index < -0.39 is 36.8 Å². The highest BCUT2D eigenvalue weighted by Crippen LogP contribution is 2.43. The minimum Gasteiger partial charge on any atom is -0.393 e. The first-order valence-corrected chi connectivity index (χ1v) is 11.2. The van der Waals surface area contributed by atoms with E-state index in [1.165, 1.54) is 18.2 Å². The summed E-state index contributed by atoms with van der Waals surface area (Å²) in [5.74, 6) is 0. The van der Waals surface area contributed by atoms with E-state index in [2.05, 4.69) is 15.1 Å². The van der Waals surface area contributed by atoms with Crippen molar-refractivity contribution in [1.29, 1.82) is 0 Å². The predicted octanol–water partition coefficient (Wildman–Crippen LogP) is 5.29. The molecule has 3 rings (SSSR count). The van der Waals surface area contributed by atoms with Crippen molar-refractivity contribution in [2.75, 3.05) is 10.6 Å². The second kappa shape index (κ2) is 8.20. The summed E-state index contributed by atoms with van der Waals surface area (Å²) in [4.78, 5) is 12.4. The second-order valence-corrected chi connectivity index (χ2v) is 8.77. The third-order valence-corrected chi connectivity index (χ3v) is 6.27. The van der Waals surface area contributed by atoms with Gasteiger partial charge in [0.25, 0.3) is 0 Å². The van der Waals surface area contributed by atoms with Crippen LogP contribution >= 0.6 is 32.3 Å². The quantitative estimate of drug-likeness (QED) is 0.390. The molecule has 3 N–H and O–H groups in total. The van der Waals surface area contributed by atoms with Crippen molar-refractivity contribution in [2.24, 2.45) is 0 Å². The van der Waals surface area contributed by atoms with Crippen molar-refractivity contribution in [3.8, 4) is 0 Å². The topological polar surface area (TPSA) is 61.4 Å². The monoisotopic (exact) mass is 506 g/mol. The molecule has 1 atom stereocenters. The molecule has 0 saturated heterocycles. The normalized spacial score (nSPS) is 16.5. The van der Waals surface area contributed by atoms with E-state index in [1.807, 2.05) is 12.1 Å². The number of fused-ring (bicyclic) bond motifs is 1. The molecule has 0 saturated carbocycles. The van der Waals surface area contributed by atoms with Gasteiger partial charge < -0.3 is 15.7 Å². The number of hydrogen-bond donors (Lipinski definition) is 3. The Hall–Kier alpha value is -1.58. The van der Waals surface area contributed by atoms with Crippen molar-refractivity contribution < 1.29 is 18.7 Å². The number of aryl methyl sites for hydroxylation is 1. The van der Waals surface area contributed by atoms with Crippen molar-refractivity contribution in [1.82, 2.24) is 0 Å². The molecule has 8 heteroatoms. The van der Waals surface area contributed by atoms with Crippen LogP contribution in [0.25, 0.3) is 0 Å². The first-order chi connectivity index (χ1) is 12.8. The molecule has 0 unspecified atom stereocenters. The maximum absolute atomic E-state index is 14.0. The van der Waals surface area contributed by atoms with E-state index in [-0.39, 0.29) is 16.3 Å². The summed E-state index contributed by atoms with van der Waals surface area (Å²) in [6.45, 7) is 0. The summed E-state index contributed by atoms with van der Waals surface area (Å²) in [7, 11) is 0. The second-order valence-electron chi connectivity index (χ2n) is 6.25. The van der Waals surface area contributed by atoms with Gasteiger partial charge in [-0.1, -0.05) is 28.2 Å². The number of aliphatic hydroxyl groups is 1.